The minimum atomic E-state index is -0.570. The van der Waals surface area contributed by atoms with Crippen LogP contribution in [0.4, 0.5) is 0 Å². The number of amides is 1. The van der Waals surface area contributed by atoms with Crippen molar-refractivity contribution in [3.05, 3.63) is 35.4 Å². The molecule has 4 heteroatoms. The van der Waals surface area contributed by atoms with Gasteiger partial charge in [0.05, 0.1) is 12.5 Å². The molecule has 2 N–H and O–H groups in total. The molecule has 0 radical (unpaired) electrons. The van der Waals surface area contributed by atoms with Crippen molar-refractivity contribution >= 4 is 5.91 Å². The minimum absolute atomic E-state index is 0.0950. The number of carbonyl (C=O) groups is 1. The molecule has 0 aromatic heterocycles. The van der Waals surface area contributed by atoms with Gasteiger partial charge in [0.15, 0.2) is 0 Å². The molecule has 1 heterocycles. The Balaban J connectivity index is 1.78. The normalized spacial score (nSPS) is 20.1. The molecule has 2 rings (SSSR count). The van der Waals surface area contributed by atoms with E-state index >= 15 is 0 Å². The maximum absolute atomic E-state index is 11.8. The highest BCUT2D eigenvalue weighted by atomic mass is 16.3. The van der Waals surface area contributed by atoms with Crippen LogP contribution in [0.2, 0.25) is 0 Å². The topological polar surface area (TPSA) is 52.6 Å². The molecule has 24 heavy (non-hydrogen) atoms. The van der Waals surface area contributed by atoms with Gasteiger partial charge in [-0.3, -0.25) is 9.69 Å². The van der Waals surface area contributed by atoms with Gasteiger partial charge in [0.1, 0.15) is 0 Å². The van der Waals surface area contributed by atoms with Crippen LogP contribution in [0, 0.1) is 5.92 Å². The molecule has 1 amide bonds. The van der Waals surface area contributed by atoms with Crippen molar-refractivity contribution in [3.63, 3.8) is 0 Å². The molecule has 1 aliphatic rings. The Morgan fingerprint density at radius 3 is 2.54 bits per heavy atom. The largest absolute Gasteiger partial charge is 0.392 e. The number of hydrogen-bond donors (Lipinski definition) is 2. The zero-order valence-electron chi connectivity index (χ0n) is 15.3. The Morgan fingerprint density at radius 2 is 1.92 bits per heavy atom. The Kier molecular flexibility index (Phi) is 7.25. The first-order valence-corrected chi connectivity index (χ1v) is 9.22. The number of nitrogens with one attached hydrogen (secondary N) is 1. The van der Waals surface area contributed by atoms with E-state index in [1.165, 1.54) is 31.4 Å². The zero-order valence-corrected chi connectivity index (χ0v) is 15.3. The third-order valence-corrected chi connectivity index (χ3v) is 5.00. The highest BCUT2D eigenvalue weighted by Gasteiger charge is 2.18. The van der Waals surface area contributed by atoms with Crippen LogP contribution in [0.1, 0.15) is 57.6 Å². The van der Waals surface area contributed by atoms with Gasteiger partial charge in [-0.2, -0.15) is 0 Å². The first kappa shape index (κ1) is 18.9. The van der Waals surface area contributed by atoms with Gasteiger partial charge >= 0.3 is 0 Å². The summed E-state index contributed by atoms with van der Waals surface area (Å²) >= 11 is 0. The second-order valence-electron chi connectivity index (χ2n) is 7.42. The monoisotopic (exact) mass is 332 g/mol. The van der Waals surface area contributed by atoms with Crippen molar-refractivity contribution in [2.75, 3.05) is 6.54 Å². The fourth-order valence-electron chi connectivity index (χ4n) is 3.09. The maximum atomic E-state index is 11.8. The Labute approximate surface area is 146 Å². The molecule has 1 aliphatic heterocycles. The number of aliphatic hydroxyl groups is 1. The number of benzene rings is 1. The Bertz CT molecular complexity index is 513. The van der Waals surface area contributed by atoms with E-state index in [1.807, 2.05) is 13.8 Å². The maximum Gasteiger partial charge on any atom is 0.222 e. The van der Waals surface area contributed by atoms with Gasteiger partial charge in [-0.25, -0.2) is 0 Å². The van der Waals surface area contributed by atoms with Crippen LogP contribution in [0.3, 0.4) is 0 Å². The third-order valence-electron chi connectivity index (χ3n) is 5.00. The average molecular weight is 332 g/mol. The van der Waals surface area contributed by atoms with Gasteiger partial charge in [0.2, 0.25) is 5.91 Å². The summed E-state index contributed by atoms with van der Waals surface area (Å²) < 4.78 is 0. The molecule has 0 aliphatic carbocycles. The summed E-state index contributed by atoms with van der Waals surface area (Å²) in [4.78, 5) is 14.4. The van der Waals surface area contributed by atoms with Crippen molar-refractivity contribution in [1.82, 2.24) is 10.2 Å². The lowest BCUT2D eigenvalue weighted by Gasteiger charge is -2.33. The number of likely N-dealkylation sites (tertiary alicyclic amines) is 1. The Morgan fingerprint density at radius 1 is 1.25 bits per heavy atom. The van der Waals surface area contributed by atoms with Gasteiger partial charge in [-0.05, 0) is 43.4 Å². The van der Waals surface area contributed by atoms with Crippen LogP contribution in [0.25, 0.3) is 0 Å². The standard InChI is InChI=1S/C20H32N2O2/c1-15(2)19(23)12-20(24)21-13-17-7-9-18(10-8-17)14-22-11-5-4-6-16(22)3/h7-10,15-16,19,23H,4-6,11-14H2,1-3H3,(H,21,24). The molecule has 0 spiro atoms. The molecule has 1 fully saturated rings. The van der Waals surface area contributed by atoms with Crippen LogP contribution < -0.4 is 5.32 Å². The number of nitrogens with zero attached hydrogens (tertiary/aromatic N) is 1. The van der Waals surface area contributed by atoms with Crippen LogP contribution in [-0.2, 0) is 17.9 Å². The average Bonchev–Trinajstić information content (AvgIpc) is 2.56. The molecule has 2 atom stereocenters. The molecule has 4 nitrogen and oxygen atoms in total. The number of rotatable bonds is 7. The van der Waals surface area contributed by atoms with Crippen LogP contribution in [0.15, 0.2) is 24.3 Å². The number of aliphatic hydroxyl groups excluding tert-OH is 1. The van der Waals surface area contributed by atoms with Gasteiger partial charge in [0, 0.05) is 19.1 Å². The Hall–Kier alpha value is -1.39. The van der Waals surface area contributed by atoms with Crippen LogP contribution >= 0.6 is 0 Å². The summed E-state index contributed by atoms with van der Waals surface area (Å²) in [7, 11) is 0. The summed E-state index contributed by atoms with van der Waals surface area (Å²) in [6.45, 7) is 8.87. The fraction of sp³-hybridized carbons (Fsp3) is 0.650. The summed E-state index contributed by atoms with van der Waals surface area (Å²) in [5.74, 6) is 0.00892. The van der Waals surface area contributed by atoms with E-state index in [1.54, 1.807) is 0 Å². The predicted octanol–water partition coefficient (Wildman–Crippen LogP) is 3.08. The van der Waals surface area contributed by atoms with Gasteiger partial charge in [-0.15, -0.1) is 0 Å². The summed E-state index contributed by atoms with van der Waals surface area (Å²) in [5, 5.41) is 12.6. The summed E-state index contributed by atoms with van der Waals surface area (Å²) in [6, 6.07) is 9.16. The third kappa shape index (κ3) is 5.91. The van der Waals surface area contributed by atoms with Crippen molar-refractivity contribution < 1.29 is 9.90 Å². The van der Waals surface area contributed by atoms with E-state index in [0.29, 0.717) is 12.6 Å². The first-order valence-electron chi connectivity index (χ1n) is 9.22. The lowest BCUT2D eigenvalue weighted by atomic mass is 10.0. The highest BCUT2D eigenvalue weighted by molar-refractivity contribution is 5.76. The van der Waals surface area contributed by atoms with E-state index < -0.39 is 6.10 Å². The highest BCUT2D eigenvalue weighted by Crippen LogP contribution is 2.19. The number of hydrogen-bond acceptors (Lipinski definition) is 3. The molecule has 1 aromatic carbocycles. The van der Waals surface area contributed by atoms with E-state index in [2.05, 4.69) is 41.4 Å². The summed E-state index contributed by atoms with van der Waals surface area (Å²) in [6.07, 6.45) is 3.55. The lowest BCUT2D eigenvalue weighted by molar-refractivity contribution is -0.123. The van der Waals surface area contributed by atoms with Crippen molar-refractivity contribution in [2.24, 2.45) is 5.92 Å². The molecule has 0 bridgehead atoms. The molecule has 2 unspecified atom stereocenters. The predicted molar refractivity (Wildman–Crippen MR) is 97.5 cm³/mol. The lowest BCUT2D eigenvalue weighted by Crippen LogP contribution is -2.36. The van der Waals surface area contributed by atoms with Gasteiger partial charge in [-0.1, -0.05) is 44.5 Å². The number of piperidine rings is 1. The van der Waals surface area contributed by atoms with Crippen molar-refractivity contribution in [1.29, 1.82) is 0 Å². The second kappa shape index (κ2) is 9.19. The zero-order chi connectivity index (χ0) is 17.5. The van der Waals surface area contributed by atoms with E-state index in [0.717, 1.165) is 12.1 Å². The van der Waals surface area contributed by atoms with E-state index in [-0.39, 0.29) is 18.2 Å². The van der Waals surface area contributed by atoms with Crippen LogP contribution in [-0.4, -0.2) is 34.6 Å². The molecule has 1 aromatic rings. The molecule has 1 saturated heterocycles. The summed E-state index contributed by atoms with van der Waals surface area (Å²) in [5.41, 5.74) is 2.42. The quantitative estimate of drug-likeness (QED) is 0.807. The second-order valence-corrected chi connectivity index (χ2v) is 7.42. The van der Waals surface area contributed by atoms with E-state index in [9.17, 15) is 9.90 Å². The number of carbonyl (C=O) groups excluding carboxylic acids is 1. The fourth-order valence-corrected chi connectivity index (χ4v) is 3.09. The minimum Gasteiger partial charge on any atom is -0.392 e. The van der Waals surface area contributed by atoms with Gasteiger partial charge in [0.25, 0.3) is 0 Å². The first-order chi connectivity index (χ1) is 11.5. The van der Waals surface area contributed by atoms with Crippen molar-refractivity contribution in [2.45, 2.75) is 71.7 Å². The smallest absolute Gasteiger partial charge is 0.222 e. The SMILES string of the molecule is CC(C)C(O)CC(=O)NCc1ccc(CN2CCCCC2C)cc1. The molecule has 134 valence electrons. The van der Waals surface area contributed by atoms with E-state index in [4.69, 9.17) is 0 Å². The molecular weight excluding hydrogens is 300 g/mol. The molecular formula is C20H32N2O2. The van der Waals surface area contributed by atoms with Crippen LogP contribution in [0.5, 0.6) is 0 Å². The molecule has 0 saturated carbocycles. The van der Waals surface area contributed by atoms with Gasteiger partial charge < -0.3 is 10.4 Å². The van der Waals surface area contributed by atoms with Crippen molar-refractivity contribution in [3.8, 4) is 0 Å².